The van der Waals surface area contributed by atoms with Gasteiger partial charge in [-0.25, -0.2) is 9.38 Å². The molecule has 0 bridgehead atoms. The minimum atomic E-state index is -0.324. The summed E-state index contributed by atoms with van der Waals surface area (Å²) in [5.74, 6) is -0.164. The SMILES string of the molecule is CCN1C(=O)/C(=C\c2cc(C)c(O)c(C)c2)SC1=Nc1ccc(F)cc1. The Labute approximate surface area is 156 Å². The highest BCUT2D eigenvalue weighted by Crippen LogP contribution is 2.35. The molecule has 0 aliphatic carbocycles. The fourth-order valence-corrected chi connectivity index (χ4v) is 3.78. The summed E-state index contributed by atoms with van der Waals surface area (Å²) in [7, 11) is 0. The molecule has 1 amide bonds. The number of amidine groups is 1. The Morgan fingerprint density at radius 2 is 1.81 bits per heavy atom. The number of phenolic OH excluding ortho intramolecular Hbond substituents is 1. The number of aromatic hydroxyl groups is 1. The highest BCUT2D eigenvalue weighted by Gasteiger charge is 2.32. The van der Waals surface area contributed by atoms with Crippen molar-refractivity contribution in [2.45, 2.75) is 20.8 Å². The van der Waals surface area contributed by atoms with E-state index in [9.17, 15) is 14.3 Å². The van der Waals surface area contributed by atoms with Crippen LogP contribution in [-0.4, -0.2) is 27.6 Å². The first kappa shape index (κ1) is 18.2. The summed E-state index contributed by atoms with van der Waals surface area (Å²) in [6.07, 6.45) is 1.81. The minimum Gasteiger partial charge on any atom is -0.507 e. The third-order valence-electron chi connectivity index (χ3n) is 4.07. The molecule has 3 rings (SSSR count). The van der Waals surface area contributed by atoms with Crippen molar-refractivity contribution < 1.29 is 14.3 Å². The maximum absolute atomic E-state index is 13.1. The maximum Gasteiger partial charge on any atom is 0.266 e. The van der Waals surface area contributed by atoms with E-state index >= 15 is 0 Å². The monoisotopic (exact) mass is 370 g/mol. The zero-order valence-corrected chi connectivity index (χ0v) is 15.6. The minimum absolute atomic E-state index is 0.109. The molecule has 0 unspecified atom stereocenters. The lowest BCUT2D eigenvalue weighted by Gasteiger charge is -2.11. The smallest absolute Gasteiger partial charge is 0.266 e. The highest BCUT2D eigenvalue weighted by molar-refractivity contribution is 8.18. The molecule has 1 heterocycles. The van der Waals surface area contributed by atoms with Crippen molar-refractivity contribution in [3.8, 4) is 5.75 Å². The van der Waals surface area contributed by atoms with Crippen LogP contribution < -0.4 is 0 Å². The lowest BCUT2D eigenvalue weighted by molar-refractivity contribution is -0.122. The Morgan fingerprint density at radius 3 is 2.38 bits per heavy atom. The van der Waals surface area contributed by atoms with Gasteiger partial charge in [-0.15, -0.1) is 0 Å². The lowest BCUT2D eigenvalue weighted by atomic mass is 10.1. The molecule has 4 nitrogen and oxygen atoms in total. The van der Waals surface area contributed by atoms with E-state index in [1.54, 1.807) is 17.0 Å². The summed E-state index contributed by atoms with van der Waals surface area (Å²) >= 11 is 1.29. The van der Waals surface area contributed by atoms with Crippen molar-refractivity contribution in [1.29, 1.82) is 0 Å². The van der Waals surface area contributed by atoms with Crippen molar-refractivity contribution in [2.75, 3.05) is 6.54 Å². The Balaban J connectivity index is 1.95. The van der Waals surface area contributed by atoms with Gasteiger partial charge in [0.25, 0.3) is 5.91 Å². The van der Waals surface area contributed by atoms with Crippen LogP contribution in [0.4, 0.5) is 10.1 Å². The van der Waals surface area contributed by atoms with E-state index in [4.69, 9.17) is 0 Å². The van der Waals surface area contributed by atoms with Crippen LogP contribution in [0, 0.1) is 19.7 Å². The Hall–Kier alpha value is -2.60. The van der Waals surface area contributed by atoms with Crippen LogP contribution in [0.3, 0.4) is 0 Å². The van der Waals surface area contributed by atoms with Crippen LogP contribution in [-0.2, 0) is 4.79 Å². The standard InChI is InChI=1S/C20H19FN2O2S/c1-4-23-19(25)17(11-14-9-12(2)18(24)13(3)10-14)26-20(23)22-16-7-5-15(21)6-8-16/h5-11,24H,4H2,1-3H3/b17-11+,22-20?. The number of amides is 1. The number of phenols is 1. The number of carbonyl (C=O) groups excluding carboxylic acids is 1. The predicted molar refractivity (Wildman–Crippen MR) is 104 cm³/mol. The van der Waals surface area contributed by atoms with E-state index in [-0.39, 0.29) is 17.5 Å². The van der Waals surface area contributed by atoms with Crippen LogP contribution in [0.15, 0.2) is 46.3 Å². The molecule has 0 aromatic heterocycles. The molecule has 6 heteroatoms. The molecule has 0 saturated carbocycles. The van der Waals surface area contributed by atoms with Gasteiger partial charge in [0.2, 0.25) is 0 Å². The van der Waals surface area contributed by atoms with E-state index in [2.05, 4.69) is 4.99 Å². The number of likely N-dealkylation sites (N-methyl/N-ethyl adjacent to an activating group) is 1. The summed E-state index contributed by atoms with van der Waals surface area (Å²) in [4.78, 5) is 19.3. The molecule has 1 fully saturated rings. The first-order chi connectivity index (χ1) is 12.4. The second-order valence-electron chi connectivity index (χ2n) is 6.03. The molecular weight excluding hydrogens is 351 g/mol. The van der Waals surface area contributed by atoms with Gasteiger partial charge in [-0.05, 0) is 91.7 Å². The maximum atomic E-state index is 13.1. The van der Waals surface area contributed by atoms with Crippen LogP contribution >= 0.6 is 11.8 Å². The second-order valence-corrected chi connectivity index (χ2v) is 7.04. The Bertz CT molecular complexity index is 897. The van der Waals surface area contributed by atoms with Crippen molar-refractivity contribution >= 4 is 34.6 Å². The van der Waals surface area contributed by atoms with Gasteiger partial charge in [0.1, 0.15) is 11.6 Å². The van der Waals surface area contributed by atoms with Gasteiger partial charge < -0.3 is 5.11 Å². The number of benzene rings is 2. The third-order valence-corrected chi connectivity index (χ3v) is 5.07. The topological polar surface area (TPSA) is 52.9 Å². The molecule has 26 heavy (non-hydrogen) atoms. The van der Waals surface area contributed by atoms with E-state index in [0.717, 1.165) is 16.7 Å². The van der Waals surface area contributed by atoms with E-state index in [1.165, 1.54) is 23.9 Å². The van der Waals surface area contributed by atoms with E-state index < -0.39 is 0 Å². The van der Waals surface area contributed by atoms with Crippen molar-refractivity contribution in [1.82, 2.24) is 4.90 Å². The van der Waals surface area contributed by atoms with E-state index in [0.29, 0.717) is 22.3 Å². The van der Waals surface area contributed by atoms with Crippen molar-refractivity contribution in [3.63, 3.8) is 0 Å². The number of carbonyl (C=O) groups is 1. The summed E-state index contributed by atoms with van der Waals surface area (Å²) in [5, 5.41) is 10.5. The number of hydrogen-bond acceptors (Lipinski definition) is 4. The molecule has 0 atom stereocenters. The summed E-state index contributed by atoms with van der Waals surface area (Å²) in [5.41, 5.74) is 2.98. The number of aliphatic imine (C=N–C) groups is 1. The van der Waals surface area contributed by atoms with Gasteiger partial charge in [0, 0.05) is 6.54 Å². The zero-order valence-electron chi connectivity index (χ0n) is 14.8. The van der Waals surface area contributed by atoms with Gasteiger partial charge in [-0.1, -0.05) is 0 Å². The zero-order chi connectivity index (χ0) is 18.8. The summed E-state index contributed by atoms with van der Waals surface area (Å²) in [6, 6.07) is 9.53. The normalized spacial score (nSPS) is 17.5. The fraction of sp³-hybridized carbons (Fsp3) is 0.200. The molecule has 2 aromatic carbocycles. The van der Waals surface area contributed by atoms with Crippen LogP contribution in [0.25, 0.3) is 6.08 Å². The Kier molecular flexibility index (Phi) is 5.13. The molecule has 1 saturated heterocycles. The van der Waals surface area contributed by atoms with Crippen LogP contribution in [0.5, 0.6) is 5.75 Å². The number of halogens is 1. The average molecular weight is 370 g/mol. The predicted octanol–water partition coefficient (Wildman–Crippen LogP) is 4.77. The molecule has 1 N–H and O–H groups in total. The molecule has 1 aliphatic heterocycles. The molecule has 2 aromatic rings. The fourth-order valence-electron chi connectivity index (χ4n) is 2.72. The molecule has 134 valence electrons. The first-order valence-electron chi connectivity index (χ1n) is 8.25. The number of nitrogens with zero attached hydrogens (tertiary/aromatic N) is 2. The first-order valence-corrected chi connectivity index (χ1v) is 9.06. The van der Waals surface area contributed by atoms with Crippen molar-refractivity contribution in [3.05, 3.63) is 63.8 Å². The molecule has 0 spiro atoms. The van der Waals surface area contributed by atoms with Gasteiger partial charge in [0.05, 0.1) is 10.6 Å². The summed E-state index contributed by atoms with van der Waals surface area (Å²) in [6.45, 7) is 6.04. The van der Waals surface area contributed by atoms with Crippen molar-refractivity contribution in [2.24, 2.45) is 4.99 Å². The number of hydrogen-bond donors (Lipinski definition) is 1. The summed E-state index contributed by atoms with van der Waals surface area (Å²) < 4.78 is 13.1. The quantitative estimate of drug-likeness (QED) is 0.792. The highest BCUT2D eigenvalue weighted by atomic mass is 32.2. The largest absolute Gasteiger partial charge is 0.507 e. The number of rotatable bonds is 3. The number of aryl methyl sites for hydroxylation is 2. The third kappa shape index (κ3) is 3.65. The molecule has 0 radical (unpaired) electrons. The Morgan fingerprint density at radius 1 is 1.19 bits per heavy atom. The van der Waals surface area contributed by atoms with Gasteiger partial charge in [-0.2, -0.15) is 0 Å². The van der Waals surface area contributed by atoms with Gasteiger partial charge in [-0.3, -0.25) is 9.69 Å². The molecular formula is C20H19FN2O2S. The second kappa shape index (κ2) is 7.33. The van der Waals surface area contributed by atoms with E-state index in [1.807, 2.05) is 39.0 Å². The lowest BCUT2D eigenvalue weighted by Crippen LogP contribution is -2.28. The average Bonchev–Trinajstić information content (AvgIpc) is 2.89. The van der Waals surface area contributed by atoms with Crippen LogP contribution in [0.2, 0.25) is 0 Å². The van der Waals surface area contributed by atoms with Gasteiger partial charge in [0.15, 0.2) is 5.17 Å². The van der Waals surface area contributed by atoms with Crippen LogP contribution in [0.1, 0.15) is 23.6 Å². The number of thioether (sulfide) groups is 1. The molecule has 1 aliphatic rings. The van der Waals surface area contributed by atoms with Gasteiger partial charge >= 0.3 is 0 Å².